The van der Waals surface area contributed by atoms with Crippen molar-refractivity contribution in [3.8, 4) is 0 Å². The van der Waals surface area contributed by atoms with E-state index in [-0.39, 0.29) is 18.4 Å². The van der Waals surface area contributed by atoms with Gasteiger partial charge in [0.2, 0.25) is 5.91 Å². The molecule has 0 aromatic carbocycles. The number of rotatable bonds is 8. The minimum Gasteiger partial charge on any atom is -0.481 e. The lowest BCUT2D eigenvalue weighted by atomic mass is 9.78. The Labute approximate surface area is 121 Å². The van der Waals surface area contributed by atoms with Gasteiger partial charge in [0, 0.05) is 19.0 Å². The van der Waals surface area contributed by atoms with E-state index in [1.165, 1.54) is 0 Å². The summed E-state index contributed by atoms with van der Waals surface area (Å²) in [6.07, 6.45) is 7.15. The molecule has 4 heteroatoms. The summed E-state index contributed by atoms with van der Waals surface area (Å²) in [5, 5.41) is 9.46. The fourth-order valence-corrected chi connectivity index (χ4v) is 3.08. The van der Waals surface area contributed by atoms with Gasteiger partial charge < -0.3 is 10.0 Å². The van der Waals surface area contributed by atoms with Crippen LogP contribution >= 0.6 is 0 Å². The smallest absolute Gasteiger partial charge is 0.310 e. The molecule has 1 aliphatic rings. The van der Waals surface area contributed by atoms with Gasteiger partial charge in [0.1, 0.15) is 0 Å². The van der Waals surface area contributed by atoms with E-state index in [0.717, 1.165) is 25.7 Å². The zero-order valence-electron chi connectivity index (χ0n) is 12.7. The van der Waals surface area contributed by atoms with E-state index in [2.05, 4.69) is 6.58 Å². The largest absolute Gasteiger partial charge is 0.481 e. The van der Waals surface area contributed by atoms with Crippen LogP contribution in [0, 0.1) is 5.41 Å². The van der Waals surface area contributed by atoms with Crippen molar-refractivity contribution in [3.63, 3.8) is 0 Å². The summed E-state index contributed by atoms with van der Waals surface area (Å²) in [6.45, 7) is 7.93. The van der Waals surface area contributed by atoms with E-state index in [4.69, 9.17) is 0 Å². The average molecular weight is 281 g/mol. The SMILES string of the molecule is C=CCN(C(=O)CC(CC)(CC)C(=O)O)C1CCCC1. The van der Waals surface area contributed by atoms with Gasteiger partial charge in [0.05, 0.1) is 5.41 Å². The number of carboxylic acid groups (broad SMARTS) is 1. The molecule has 0 aromatic rings. The van der Waals surface area contributed by atoms with Crippen molar-refractivity contribution in [1.29, 1.82) is 0 Å². The summed E-state index contributed by atoms with van der Waals surface area (Å²) in [4.78, 5) is 25.9. The first-order chi connectivity index (χ1) is 9.50. The fourth-order valence-electron chi connectivity index (χ4n) is 3.08. The molecule has 1 aliphatic carbocycles. The van der Waals surface area contributed by atoms with Gasteiger partial charge in [-0.1, -0.05) is 32.8 Å². The second-order valence-electron chi connectivity index (χ2n) is 5.74. The summed E-state index contributed by atoms with van der Waals surface area (Å²) in [6, 6.07) is 0.265. The first-order valence-corrected chi connectivity index (χ1v) is 7.64. The molecule has 1 fully saturated rings. The van der Waals surface area contributed by atoms with Gasteiger partial charge >= 0.3 is 5.97 Å². The van der Waals surface area contributed by atoms with Crippen LogP contribution in [0.5, 0.6) is 0 Å². The molecule has 0 aromatic heterocycles. The fraction of sp³-hybridized carbons (Fsp3) is 0.750. The van der Waals surface area contributed by atoms with Crippen LogP contribution in [0.15, 0.2) is 12.7 Å². The Morgan fingerprint density at radius 3 is 2.25 bits per heavy atom. The molecule has 1 amide bonds. The summed E-state index contributed by atoms with van der Waals surface area (Å²) in [7, 11) is 0. The molecule has 0 spiro atoms. The van der Waals surface area contributed by atoms with Gasteiger partial charge in [-0.15, -0.1) is 6.58 Å². The first kappa shape index (κ1) is 16.7. The third-order valence-electron chi connectivity index (χ3n) is 4.71. The van der Waals surface area contributed by atoms with E-state index in [1.807, 2.05) is 18.7 Å². The maximum Gasteiger partial charge on any atom is 0.310 e. The number of carbonyl (C=O) groups is 2. The van der Waals surface area contributed by atoms with Crippen LogP contribution < -0.4 is 0 Å². The Morgan fingerprint density at radius 1 is 1.30 bits per heavy atom. The zero-order chi connectivity index (χ0) is 15.2. The van der Waals surface area contributed by atoms with Crippen molar-refractivity contribution >= 4 is 11.9 Å². The van der Waals surface area contributed by atoms with E-state index in [1.54, 1.807) is 6.08 Å². The molecule has 114 valence electrons. The molecule has 0 aliphatic heterocycles. The van der Waals surface area contributed by atoms with Gasteiger partial charge in [0.25, 0.3) is 0 Å². The molecule has 1 saturated carbocycles. The zero-order valence-corrected chi connectivity index (χ0v) is 12.7. The monoisotopic (exact) mass is 281 g/mol. The molecule has 0 radical (unpaired) electrons. The third-order valence-corrected chi connectivity index (χ3v) is 4.71. The minimum absolute atomic E-state index is 0.0390. The Morgan fingerprint density at radius 2 is 1.85 bits per heavy atom. The molecular weight excluding hydrogens is 254 g/mol. The van der Waals surface area contributed by atoms with Crippen LogP contribution in [0.3, 0.4) is 0 Å². The van der Waals surface area contributed by atoms with Crippen LogP contribution in [0.25, 0.3) is 0 Å². The average Bonchev–Trinajstić information content (AvgIpc) is 2.95. The van der Waals surface area contributed by atoms with Crippen LogP contribution in [0.4, 0.5) is 0 Å². The molecule has 0 atom stereocenters. The van der Waals surface area contributed by atoms with Crippen LogP contribution in [-0.2, 0) is 9.59 Å². The highest BCUT2D eigenvalue weighted by Gasteiger charge is 2.39. The summed E-state index contributed by atoms with van der Waals surface area (Å²) in [5.74, 6) is -0.899. The number of aliphatic carboxylic acids is 1. The maximum atomic E-state index is 12.6. The first-order valence-electron chi connectivity index (χ1n) is 7.64. The van der Waals surface area contributed by atoms with Gasteiger partial charge in [-0.2, -0.15) is 0 Å². The number of hydrogen-bond donors (Lipinski definition) is 1. The summed E-state index contributed by atoms with van der Waals surface area (Å²) >= 11 is 0. The summed E-state index contributed by atoms with van der Waals surface area (Å²) in [5.41, 5.74) is -0.922. The van der Waals surface area contributed by atoms with Crippen molar-refractivity contribution < 1.29 is 14.7 Å². The number of carboxylic acids is 1. The van der Waals surface area contributed by atoms with Crippen LogP contribution in [0.2, 0.25) is 0 Å². The highest BCUT2D eigenvalue weighted by Crippen LogP contribution is 2.33. The Balaban J connectivity index is 2.83. The van der Waals surface area contributed by atoms with E-state index < -0.39 is 11.4 Å². The number of nitrogens with zero attached hydrogens (tertiary/aromatic N) is 1. The molecule has 20 heavy (non-hydrogen) atoms. The second kappa shape index (κ2) is 7.46. The maximum absolute atomic E-state index is 12.6. The van der Waals surface area contributed by atoms with Crippen molar-refractivity contribution in [2.75, 3.05) is 6.54 Å². The minimum atomic E-state index is -0.922. The molecule has 1 rings (SSSR count). The van der Waals surface area contributed by atoms with E-state index >= 15 is 0 Å². The van der Waals surface area contributed by atoms with E-state index in [0.29, 0.717) is 19.4 Å². The molecule has 0 saturated heterocycles. The van der Waals surface area contributed by atoms with Gasteiger partial charge in [-0.25, -0.2) is 0 Å². The van der Waals surface area contributed by atoms with Gasteiger partial charge in [-0.3, -0.25) is 9.59 Å². The molecule has 0 unspecified atom stereocenters. The van der Waals surface area contributed by atoms with Crippen molar-refractivity contribution in [2.45, 2.75) is 64.8 Å². The van der Waals surface area contributed by atoms with Crippen molar-refractivity contribution in [1.82, 2.24) is 4.90 Å². The molecular formula is C16H27NO3. The van der Waals surface area contributed by atoms with Gasteiger partial charge in [0.15, 0.2) is 0 Å². The number of hydrogen-bond acceptors (Lipinski definition) is 2. The van der Waals surface area contributed by atoms with Crippen LogP contribution in [0.1, 0.15) is 58.8 Å². The molecule has 1 N–H and O–H groups in total. The van der Waals surface area contributed by atoms with Crippen molar-refractivity contribution in [3.05, 3.63) is 12.7 Å². The highest BCUT2D eigenvalue weighted by atomic mass is 16.4. The Bertz CT molecular complexity index is 355. The highest BCUT2D eigenvalue weighted by molar-refractivity contribution is 5.85. The van der Waals surface area contributed by atoms with Crippen LogP contribution in [-0.4, -0.2) is 34.5 Å². The molecule has 0 heterocycles. The summed E-state index contributed by atoms with van der Waals surface area (Å²) < 4.78 is 0. The Kier molecular flexibility index (Phi) is 6.24. The predicted molar refractivity (Wildman–Crippen MR) is 79.4 cm³/mol. The molecule has 0 bridgehead atoms. The lowest BCUT2D eigenvalue weighted by Crippen LogP contribution is -2.43. The Hall–Kier alpha value is -1.32. The second-order valence-corrected chi connectivity index (χ2v) is 5.74. The third kappa shape index (κ3) is 3.62. The predicted octanol–water partition coefficient (Wildman–Crippen LogP) is 3.22. The number of amides is 1. The van der Waals surface area contributed by atoms with E-state index in [9.17, 15) is 14.7 Å². The molecule has 4 nitrogen and oxygen atoms in total. The quantitative estimate of drug-likeness (QED) is 0.695. The normalized spacial score (nSPS) is 16.1. The van der Waals surface area contributed by atoms with Gasteiger partial charge in [-0.05, 0) is 25.7 Å². The lowest BCUT2D eigenvalue weighted by molar-refractivity contribution is -0.154. The number of carbonyl (C=O) groups excluding carboxylic acids is 1. The topological polar surface area (TPSA) is 57.6 Å². The lowest BCUT2D eigenvalue weighted by Gasteiger charge is -2.33. The standard InChI is InChI=1S/C16H27NO3/c1-4-11-17(13-9-7-8-10-13)14(18)12-16(5-2,6-3)15(19)20/h4,13H,1,5-12H2,2-3H3,(H,19,20). The van der Waals surface area contributed by atoms with Crippen molar-refractivity contribution in [2.24, 2.45) is 5.41 Å².